The van der Waals surface area contributed by atoms with Crippen molar-refractivity contribution in [2.75, 3.05) is 33.7 Å². The first-order chi connectivity index (χ1) is 11.0. The van der Waals surface area contributed by atoms with E-state index in [4.69, 9.17) is 0 Å². The number of rotatable bonds is 7. The van der Waals surface area contributed by atoms with Crippen LogP contribution in [0.25, 0.3) is 0 Å². The molecule has 1 fully saturated rings. The lowest BCUT2D eigenvalue weighted by molar-refractivity contribution is -0.137. The number of nitrogens with zero attached hydrogens (tertiary/aromatic N) is 3. The van der Waals surface area contributed by atoms with Crippen LogP contribution in [0.5, 0.6) is 0 Å². The molecule has 1 saturated heterocycles. The van der Waals surface area contributed by atoms with Gasteiger partial charge >= 0.3 is 0 Å². The standard InChI is InChI=1S/C18H29N3OS/c1-5-10-21(14-17-9-7-12-23-17)18(22)15(2)20-11-6-8-16(13-20)19(3)4/h5,7,9,12,15-16H,1,6,8,10-11,13-14H2,2-4H3. The second-order valence-electron chi connectivity index (χ2n) is 6.52. The molecule has 0 spiro atoms. The van der Waals surface area contributed by atoms with Gasteiger partial charge in [0.1, 0.15) is 0 Å². The van der Waals surface area contributed by atoms with Crippen LogP contribution >= 0.6 is 11.3 Å². The van der Waals surface area contributed by atoms with E-state index < -0.39 is 0 Å². The van der Waals surface area contributed by atoms with Gasteiger partial charge in [0.15, 0.2) is 0 Å². The molecule has 0 N–H and O–H groups in total. The maximum atomic E-state index is 13.0. The number of carbonyl (C=O) groups excluding carboxylic acids is 1. The number of carbonyl (C=O) groups is 1. The summed E-state index contributed by atoms with van der Waals surface area (Å²) in [7, 11) is 4.25. The van der Waals surface area contributed by atoms with Crippen LogP contribution in [-0.4, -0.2) is 66.4 Å². The third kappa shape index (κ3) is 4.90. The Morgan fingerprint density at radius 3 is 2.96 bits per heavy atom. The zero-order valence-corrected chi connectivity index (χ0v) is 15.4. The lowest BCUT2D eigenvalue weighted by atomic mass is 10.0. The summed E-state index contributed by atoms with van der Waals surface area (Å²) < 4.78 is 0. The van der Waals surface area contributed by atoms with Gasteiger partial charge in [-0.3, -0.25) is 9.69 Å². The fourth-order valence-electron chi connectivity index (χ4n) is 3.16. The van der Waals surface area contributed by atoms with E-state index in [-0.39, 0.29) is 11.9 Å². The van der Waals surface area contributed by atoms with E-state index in [2.05, 4.69) is 41.9 Å². The van der Waals surface area contributed by atoms with Crippen molar-refractivity contribution in [2.24, 2.45) is 0 Å². The minimum absolute atomic E-state index is 0.0716. The second-order valence-corrected chi connectivity index (χ2v) is 7.55. The molecule has 128 valence electrons. The summed E-state index contributed by atoms with van der Waals surface area (Å²) in [6.07, 6.45) is 4.19. The normalized spacial score (nSPS) is 20.4. The van der Waals surface area contributed by atoms with E-state index in [9.17, 15) is 4.79 Å². The summed E-state index contributed by atoms with van der Waals surface area (Å²) in [5.74, 6) is 0.206. The van der Waals surface area contributed by atoms with Crippen LogP contribution < -0.4 is 0 Å². The molecule has 1 aromatic rings. The van der Waals surface area contributed by atoms with Crippen LogP contribution in [-0.2, 0) is 11.3 Å². The van der Waals surface area contributed by atoms with Gasteiger partial charge in [0, 0.05) is 24.0 Å². The molecular weight excluding hydrogens is 306 g/mol. The summed E-state index contributed by atoms with van der Waals surface area (Å²) in [5, 5.41) is 2.06. The topological polar surface area (TPSA) is 26.8 Å². The van der Waals surface area contributed by atoms with Gasteiger partial charge in [0.2, 0.25) is 5.91 Å². The van der Waals surface area contributed by atoms with Crippen LogP contribution in [0.3, 0.4) is 0 Å². The van der Waals surface area contributed by atoms with E-state index >= 15 is 0 Å². The van der Waals surface area contributed by atoms with Gasteiger partial charge in [0.05, 0.1) is 12.6 Å². The third-order valence-corrected chi connectivity index (χ3v) is 5.51. The van der Waals surface area contributed by atoms with Gasteiger partial charge < -0.3 is 9.80 Å². The molecule has 2 rings (SSSR count). The van der Waals surface area contributed by atoms with Crippen LogP contribution in [0.15, 0.2) is 30.2 Å². The molecule has 2 atom stereocenters. The molecule has 5 heteroatoms. The molecular formula is C18H29N3OS. The zero-order valence-electron chi connectivity index (χ0n) is 14.6. The molecule has 2 unspecified atom stereocenters. The highest BCUT2D eigenvalue weighted by Crippen LogP contribution is 2.19. The number of likely N-dealkylation sites (tertiary alicyclic amines) is 1. The van der Waals surface area contributed by atoms with Gasteiger partial charge in [-0.2, -0.15) is 0 Å². The minimum Gasteiger partial charge on any atom is -0.332 e. The van der Waals surface area contributed by atoms with Gasteiger partial charge in [-0.1, -0.05) is 12.1 Å². The van der Waals surface area contributed by atoms with Crippen molar-refractivity contribution in [2.45, 2.75) is 38.4 Å². The molecule has 0 radical (unpaired) electrons. The Morgan fingerprint density at radius 2 is 2.35 bits per heavy atom. The van der Waals surface area contributed by atoms with Crippen molar-refractivity contribution in [1.82, 2.24) is 14.7 Å². The summed E-state index contributed by atoms with van der Waals surface area (Å²) in [6.45, 7) is 9.12. The highest BCUT2D eigenvalue weighted by atomic mass is 32.1. The average molecular weight is 336 g/mol. The molecule has 1 amide bonds. The molecule has 0 aromatic carbocycles. The Hall–Kier alpha value is -1.17. The average Bonchev–Trinajstić information content (AvgIpc) is 3.06. The molecule has 1 aromatic heterocycles. The Balaban J connectivity index is 2.01. The monoisotopic (exact) mass is 335 g/mol. The Bertz CT molecular complexity index is 500. The molecule has 4 nitrogen and oxygen atoms in total. The number of amides is 1. The van der Waals surface area contributed by atoms with Crippen molar-refractivity contribution in [3.8, 4) is 0 Å². The molecule has 2 heterocycles. The van der Waals surface area contributed by atoms with E-state index in [1.54, 1.807) is 11.3 Å². The number of hydrogen-bond acceptors (Lipinski definition) is 4. The quantitative estimate of drug-likeness (QED) is 0.717. The van der Waals surface area contributed by atoms with E-state index in [1.807, 2.05) is 24.0 Å². The van der Waals surface area contributed by atoms with Crippen LogP contribution in [0.1, 0.15) is 24.6 Å². The van der Waals surface area contributed by atoms with Crippen LogP contribution in [0, 0.1) is 0 Å². The molecule has 0 bridgehead atoms. The Kier molecular flexibility index (Phi) is 6.81. The molecule has 0 saturated carbocycles. The molecule has 1 aliphatic rings. The van der Waals surface area contributed by atoms with Gasteiger partial charge in [-0.05, 0) is 51.9 Å². The van der Waals surface area contributed by atoms with Crippen molar-refractivity contribution < 1.29 is 4.79 Å². The largest absolute Gasteiger partial charge is 0.332 e. The SMILES string of the molecule is C=CCN(Cc1cccs1)C(=O)C(C)N1CCCC(N(C)C)C1. The van der Waals surface area contributed by atoms with E-state index in [1.165, 1.54) is 11.3 Å². The van der Waals surface area contributed by atoms with Crippen molar-refractivity contribution in [1.29, 1.82) is 0 Å². The highest BCUT2D eigenvalue weighted by molar-refractivity contribution is 7.09. The Morgan fingerprint density at radius 1 is 1.57 bits per heavy atom. The second kappa shape index (κ2) is 8.62. The fraction of sp³-hybridized carbons (Fsp3) is 0.611. The highest BCUT2D eigenvalue weighted by Gasteiger charge is 2.30. The van der Waals surface area contributed by atoms with Crippen LogP contribution in [0.4, 0.5) is 0 Å². The van der Waals surface area contributed by atoms with E-state index in [0.29, 0.717) is 19.1 Å². The van der Waals surface area contributed by atoms with Gasteiger partial charge in [-0.25, -0.2) is 0 Å². The smallest absolute Gasteiger partial charge is 0.240 e. The molecule has 0 aliphatic carbocycles. The maximum absolute atomic E-state index is 13.0. The van der Waals surface area contributed by atoms with Crippen molar-refractivity contribution >= 4 is 17.2 Å². The lowest BCUT2D eigenvalue weighted by Crippen LogP contribution is -2.53. The molecule has 23 heavy (non-hydrogen) atoms. The van der Waals surface area contributed by atoms with Gasteiger partial charge in [-0.15, -0.1) is 17.9 Å². The first-order valence-electron chi connectivity index (χ1n) is 8.35. The third-order valence-electron chi connectivity index (χ3n) is 4.65. The molecule has 1 aliphatic heterocycles. The summed E-state index contributed by atoms with van der Waals surface area (Å²) in [6, 6.07) is 4.59. The number of likely N-dealkylation sites (N-methyl/N-ethyl adjacent to an activating group) is 1. The number of hydrogen-bond donors (Lipinski definition) is 0. The summed E-state index contributed by atoms with van der Waals surface area (Å²) in [5.41, 5.74) is 0. The van der Waals surface area contributed by atoms with E-state index in [0.717, 1.165) is 19.5 Å². The Labute approximate surface area is 144 Å². The predicted molar refractivity (Wildman–Crippen MR) is 97.7 cm³/mol. The first-order valence-corrected chi connectivity index (χ1v) is 9.23. The number of piperidine rings is 1. The first kappa shape index (κ1) is 18.2. The summed E-state index contributed by atoms with van der Waals surface area (Å²) in [4.78, 5) is 20.7. The van der Waals surface area contributed by atoms with Crippen LogP contribution in [0.2, 0.25) is 0 Å². The fourth-order valence-corrected chi connectivity index (χ4v) is 3.88. The maximum Gasteiger partial charge on any atom is 0.240 e. The zero-order chi connectivity index (χ0) is 16.8. The van der Waals surface area contributed by atoms with Gasteiger partial charge in [0.25, 0.3) is 0 Å². The van der Waals surface area contributed by atoms with Crippen molar-refractivity contribution in [3.63, 3.8) is 0 Å². The van der Waals surface area contributed by atoms with Crippen molar-refractivity contribution in [3.05, 3.63) is 35.0 Å². The number of thiophene rings is 1. The summed E-state index contributed by atoms with van der Waals surface area (Å²) >= 11 is 1.70. The minimum atomic E-state index is -0.0716. The predicted octanol–water partition coefficient (Wildman–Crippen LogP) is 2.68. The lowest BCUT2D eigenvalue weighted by Gasteiger charge is -2.40.